The topological polar surface area (TPSA) is 59.8 Å². The SMILES string of the molecule is COC(=O)c1ccc2cc(C(F)(F)F)c(-c3ccc(NC(=O)c4cccc(F)c4F)cc3)n2c1. The molecule has 34 heavy (non-hydrogen) atoms. The van der Waals surface area contributed by atoms with Gasteiger partial charge < -0.3 is 14.5 Å². The number of carbonyl (C=O) groups is 2. The monoisotopic (exact) mass is 474 g/mol. The van der Waals surface area contributed by atoms with Gasteiger partial charge in [-0.25, -0.2) is 13.6 Å². The number of aromatic nitrogens is 1. The minimum atomic E-state index is -4.69. The van der Waals surface area contributed by atoms with Gasteiger partial charge in [0.05, 0.1) is 29.5 Å². The molecule has 10 heteroatoms. The third kappa shape index (κ3) is 4.21. The van der Waals surface area contributed by atoms with Crippen LogP contribution in [-0.2, 0) is 10.9 Å². The molecule has 5 nitrogen and oxygen atoms in total. The van der Waals surface area contributed by atoms with Gasteiger partial charge in [0.15, 0.2) is 11.6 Å². The molecule has 0 aliphatic carbocycles. The van der Waals surface area contributed by atoms with Crippen molar-refractivity contribution in [1.82, 2.24) is 4.40 Å². The fraction of sp³-hybridized carbons (Fsp3) is 0.0833. The highest BCUT2D eigenvalue weighted by atomic mass is 19.4. The fourth-order valence-electron chi connectivity index (χ4n) is 3.51. The number of alkyl halides is 3. The number of anilines is 1. The van der Waals surface area contributed by atoms with Crippen LogP contribution in [0.4, 0.5) is 27.6 Å². The molecule has 0 aliphatic heterocycles. The van der Waals surface area contributed by atoms with Crippen molar-refractivity contribution in [2.45, 2.75) is 6.18 Å². The number of pyridine rings is 1. The predicted molar refractivity (Wildman–Crippen MR) is 113 cm³/mol. The number of hydrogen-bond acceptors (Lipinski definition) is 3. The number of methoxy groups -OCH3 is 1. The van der Waals surface area contributed by atoms with Crippen molar-refractivity contribution < 1.29 is 36.3 Å². The standard InChI is InChI=1S/C24H15F5N2O3/c1-34-23(33)14-7-10-16-11-18(24(27,28)29)21(31(16)12-14)13-5-8-15(9-6-13)30-22(32)17-3-2-4-19(25)20(17)26/h2-12H,1H3,(H,30,32). The molecule has 0 aliphatic rings. The van der Waals surface area contributed by atoms with Gasteiger partial charge in [-0.3, -0.25) is 4.79 Å². The molecule has 0 spiro atoms. The summed E-state index contributed by atoms with van der Waals surface area (Å²) in [5.41, 5.74) is -1.10. The van der Waals surface area contributed by atoms with Gasteiger partial charge in [-0.2, -0.15) is 13.2 Å². The minimum absolute atomic E-state index is 0.0570. The highest BCUT2D eigenvalue weighted by molar-refractivity contribution is 6.04. The Morgan fingerprint density at radius 3 is 2.32 bits per heavy atom. The summed E-state index contributed by atoms with van der Waals surface area (Å²) in [5, 5.41) is 2.38. The maximum absolute atomic E-state index is 13.8. The molecule has 0 fully saturated rings. The van der Waals surface area contributed by atoms with E-state index in [1.54, 1.807) is 0 Å². The van der Waals surface area contributed by atoms with Crippen molar-refractivity contribution >= 4 is 23.1 Å². The summed E-state index contributed by atoms with van der Waals surface area (Å²) in [7, 11) is 1.16. The Kier molecular flexibility index (Phi) is 5.82. The molecule has 0 saturated carbocycles. The number of benzene rings is 2. The first kappa shape index (κ1) is 23.0. The van der Waals surface area contributed by atoms with E-state index in [0.717, 1.165) is 25.3 Å². The summed E-state index contributed by atoms with van der Waals surface area (Å²) in [5.74, 6) is -4.13. The smallest absolute Gasteiger partial charge is 0.418 e. The van der Waals surface area contributed by atoms with Crippen LogP contribution < -0.4 is 5.32 Å². The number of nitrogens with zero attached hydrogens (tertiary/aromatic N) is 1. The summed E-state index contributed by atoms with van der Waals surface area (Å²) in [6, 6.07) is 12.1. The number of rotatable bonds is 4. The Labute approximate surface area is 189 Å². The average molecular weight is 474 g/mol. The summed E-state index contributed by atoms with van der Waals surface area (Å²) < 4.78 is 74.4. The van der Waals surface area contributed by atoms with Crippen molar-refractivity contribution in [1.29, 1.82) is 0 Å². The molecule has 0 bridgehead atoms. The van der Waals surface area contributed by atoms with E-state index in [-0.39, 0.29) is 28.0 Å². The van der Waals surface area contributed by atoms with E-state index in [1.165, 1.54) is 53.1 Å². The van der Waals surface area contributed by atoms with Gasteiger partial charge in [0.1, 0.15) is 0 Å². The Bertz CT molecular complexity index is 1410. The van der Waals surface area contributed by atoms with Crippen molar-refractivity contribution in [2.24, 2.45) is 0 Å². The Morgan fingerprint density at radius 1 is 0.971 bits per heavy atom. The number of carbonyl (C=O) groups excluding carboxylic acids is 2. The number of nitrogens with one attached hydrogen (secondary N) is 1. The van der Waals surface area contributed by atoms with Gasteiger partial charge >= 0.3 is 12.1 Å². The van der Waals surface area contributed by atoms with Crippen LogP contribution in [-0.4, -0.2) is 23.4 Å². The third-order valence-corrected chi connectivity index (χ3v) is 5.11. The number of fused-ring (bicyclic) bond motifs is 1. The van der Waals surface area contributed by atoms with Gasteiger partial charge in [0, 0.05) is 17.4 Å². The van der Waals surface area contributed by atoms with Gasteiger partial charge in [-0.1, -0.05) is 18.2 Å². The zero-order chi connectivity index (χ0) is 24.6. The first-order valence-electron chi connectivity index (χ1n) is 9.76. The molecule has 2 aromatic heterocycles. The van der Waals surface area contributed by atoms with Crippen molar-refractivity contribution in [3.63, 3.8) is 0 Å². The van der Waals surface area contributed by atoms with Crippen LogP contribution in [0.3, 0.4) is 0 Å². The molecule has 4 rings (SSSR count). The normalized spacial score (nSPS) is 11.5. The second kappa shape index (κ2) is 8.62. The first-order chi connectivity index (χ1) is 16.1. The van der Waals surface area contributed by atoms with Crippen LogP contribution in [0.25, 0.3) is 16.8 Å². The lowest BCUT2D eigenvalue weighted by molar-refractivity contribution is -0.137. The molecular weight excluding hydrogens is 459 g/mol. The molecule has 2 heterocycles. The van der Waals surface area contributed by atoms with E-state index in [1.807, 2.05) is 0 Å². The van der Waals surface area contributed by atoms with E-state index >= 15 is 0 Å². The Hall–Kier alpha value is -4.21. The molecular formula is C24H15F5N2O3. The maximum Gasteiger partial charge on any atom is 0.418 e. The van der Waals surface area contributed by atoms with Gasteiger partial charge in [0.2, 0.25) is 0 Å². The van der Waals surface area contributed by atoms with Crippen molar-refractivity contribution in [2.75, 3.05) is 12.4 Å². The maximum atomic E-state index is 13.8. The molecule has 0 radical (unpaired) electrons. The molecule has 1 N–H and O–H groups in total. The zero-order valence-corrected chi connectivity index (χ0v) is 17.4. The zero-order valence-electron chi connectivity index (χ0n) is 17.4. The molecule has 1 amide bonds. The van der Waals surface area contributed by atoms with Crippen LogP contribution in [0.1, 0.15) is 26.3 Å². The number of ether oxygens (including phenoxy) is 1. The molecule has 2 aromatic carbocycles. The van der Waals surface area contributed by atoms with Crippen molar-refractivity contribution in [3.8, 4) is 11.3 Å². The average Bonchev–Trinajstić information content (AvgIpc) is 3.20. The number of halogens is 5. The summed E-state index contributed by atoms with van der Waals surface area (Å²) in [6.45, 7) is 0. The van der Waals surface area contributed by atoms with Crippen LogP contribution in [0.2, 0.25) is 0 Å². The quantitative estimate of drug-likeness (QED) is 0.294. The lowest BCUT2D eigenvalue weighted by atomic mass is 10.1. The molecule has 174 valence electrons. The van der Waals surface area contributed by atoms with Gasteiger partial charge in [-0.15, -0.1) is 0 Å². The van der Waals surface area contributed by atoms with Gasteiger partial charge in [0.25, 0.3) is 5.91 Å². The van der Waals surface area contributed by atoms with Gasteiger partial charge in [-0.05, 0) is 48.0 Å². The Morgan fingerprint density at radius 2 is 1.68 bits per heavy atom. The lowest BCUT2D eigenvalue weighted by Gasteiger charge is -2.12. The summed E-state index contributed by atoms with van der Waals surface area (Å²) in [6.07, 6.45) is -3.44. The fourth-order valence-corrected chi connectivity index (χ4v) is 3.51. The van der Waals surface area contributed by atoms with E-state index in [0.29, 0.717) is 0 Å². The van der Waals surface area contributed by atoms with E-state index in [4.69, 9.17) is 0 Å². The first-order valence-corrected chi connectivity index (χ1v) is 9.76. The molecule has 4 aromatic rings. The predicted octanol–water partition coefficient (Wildman–Crippen LogP) is 5.94. The summed E-state index contributed by atoms with van der Waals surface area (Å²) in [4.78, 5) is 24.1. The highest BCUT2D eigenvalue weighted by Crippen LogP contribution is 2.39. The summed E-state index contributed by atoms with van der Waals surface area (Å²) >= 11 is 0. The van der Waals surface area contributed by atoms with E-state index < -0.39 is 40.8 Å². The molecule has 0 saturated heterocycles. The third-order valence-electron chi connectivity index (χ3n) is 5.11. The van der Waals surface area contributed by atoms with Crippen LogP contribution in [0, 0.1) is 11.6 Å². The second-order valence-electron chi connectivity index (χ2n) is 7.24. The number of hydrogen-bond donors (Lipinski definition) is 1. The lowest BCUT2D eigenvalue weighted by Crippen LogP contribution is -2.14. The van der Waals surface area contributed by atoms with E-state index in [9.17, 15) is 31.5 Å². The highest BCUT2D eigenvalue weighted by Gasteiger charge is 2.36. The number of amides is 1. The Balaban J connectivity index is 1.73. The second-order valence-corrected chi connectivity index (χ2v) is 7.24. The molecule has 0 atom stereocenters. The number of esters is 1. The van der Waals surface area contributed by atoms with Crippen molar-refractivity contribution in [3.05, 3.63) is 95.2 Å². The van der Waals surface area contributed by atoms with Crippen LogP contribution in [0.15, 0.2) is 66.9 Å². The minimum Gasteiger partial charge on any atom is -0.465 e. The molecule has 0 unspecified atom stereocenters. The van der Waals surface area contributed by atoms with E-state index in [2.05, 4.69) is 10.1 Å². The van der Waals surface area contributed by atoms with Crippen LogP contribution >= 0.6 is 0 Å². The van der Waals surface area contributed by atoms with Crippen LogP contribution in [0.5, 0.6) is 0 Å². The largest absolute Gasteiger partial charge is 0.465 e.